The first-order valence-corrected chi connectivity index (χ1v) is 7.08. The Kier molecular flexibility index (Phi) is 1.48. The van der Waals surface area contributed by atoms with Gasteiger partial charge in [0.05, 0.1) is 12.2 Å². The minimum atomic E-state index is 0.490. The molecule has 1 heteroatoms. The molecule has 4 saturated carbocycles. The summed E-state index contributed by atoms with van der Waals surface area (Å²) in [6, 6.07) is 0. The van der Waals surface area contributed by atoms with Gasteiger partial charge in [0, 0.05) is 5.41 Å². The molecule has 0 N–H and O–H groups in total. The van der Waals surface area contributed by atoms with Gasteiger partial charge >= 0.3 is 0 Å². The molecule has 6 aliphatic rings. The molecular formula is C15H24O. The highest BCUT2D eigenvalue weighted by Gasteiger charge is 2.77. The van der Waals surface area contributed by atoms with Crippen LogP contribution in [0.15, 0.2) is 0 Å². The van der Waals surface area contributed by atoms with Gasteiger partial charge in [0.1, 0.15) is 0 Å². The molecule has 0 aromatic heterocycles. The van der Waals surface area contributed by atoms with Gasteiger partial charge in [-0.15, -0.1) is 0 Å². The number of ether oxygens (including phenoxy) is 1. The van der Waals surface area contributed by atoms with Crippen molar-refractivity contribution in [1.82, 2.24) is 0 Å². The summed E-state index contributed by atoms with van der Waals surface area (Å²) in [6.07, 6.45) is 6.84. The molecule has 0 aromatic carbocycles. The van der Waals surface area contributed by atoms with E-state index in [1.165, 1.54) is 25.7 Å². The van der Waals surface area contributed by atoms with Gasteiger partial charge in [-0.25, -0.2) is 0 Å². The Balaban J connectivity index is 1.89. The van der Waals surface area contributed by atoms with Crippen LogP contribution >= 0.6 is 0 Å². The van der Waals surface area contributed by atoms with E-state index < -0.39 is 0 Å². The predicted octanol–water partition coefficient (Wildman–Crippen LogP) is 3.63. The van der Waals surface area contributed by atoms with Crippen LogP contribution in [0.1, 0.15) is 53.4 Å². The van der Waals surface area contributed by atoms with Gasteiger partial charge in [0.2, 0.25) is 0 Å². The maximum atomic E-state index is 6.10. The summed E-state index contributed by atoms with van der Waals surface area (Å²) >= 11 is 0. The van der Waals surface area contributed by atoms with E-state index >= 15 is 0 Å². The molecule has 6 fully saturated rings. The molecule has 4 aliphatic carbocycles. The predicted molar refractivity (Wildman–Crippen MR) is 64.1 cm³/mol. The normalized spacial score (nSPS) is 65.2. The molecule has 6 rings (SSSR count). The van der Waals surface area contributed by atoms with Crippen LogP contribution in [-0.4, -0.2) is 12.2 Å². The second-order valence-electron chi connectivity index (χ2n) is 7.79. The van der Waals surface area contributed by atoms with Crippen molar-refractivity contribution in [3.05, 3.63) is 0 Å². The Morgan fingerprint density at radius 3 is 2.25 bits per heavy atom. The maximum Gasteiger partial charge on any atom is 0.0668 e. The summed E-state index contributed by atoms with van der Waals surface area (Å²) in [7, 11) is 0. The smallest absolute Gasteiger partial charge is 0.0668 e. The van der Waals surface area contributed by atoms with E-state index in [4.69, 9.17) is 4.74 Å². The van der Waals surface area contributed by atoms with Crippen LogP contribution in [0.2, 0.25) is 0 Å². The van der Waals surface area contributed by atoms with E-state index in [2.05, 4.69) is 27.7 Å². The first kappa shape index (κ1) is 9.94. The Labute approximate surface area is 98.9 Å². The summed E-state index contributed by atoms with van der Waals surface area (Å²) in [5.74, 6) is 1.91. The van der Waals surface area contributed by atoms with E-state index in [1.807, 2.05) is 0 Å². The van der Waals surface area contributed by atoms with Crippen LogP contribution in [0.25, 0.3) is 0 Å². The molecule has 1 unspecified atom stereocenters. The summed E-state index contributed by atoms with van der Waals surface area (Å²) in [6.45, 7) is 10.1. The SMILES string of the molecule is C[C@@H]1CC[C@H]2C(C)(C)C3(C)[C@@H]4C[C@@]12C[C@H]3O4. The molecule has 16 heavy (non-hydrogen) atoms. The summed E-state index contributed by atoms with van der Waals surface area (Å²) in [5, 5.41) is 0. The van der Waals surface area contributed by atoms with E-state index in [0.717, 1.165) is 11.8 Å². The number of rotatable bonds is 0. The molecule has 1 spiro atoms. The molecule has 0 amide bonds. The molecule has 4 bridgehead atoms. The van der Waals surface area contributed by atoms with Crippen molar-refractivity contribution in [3.63, 3.8) is 0 Å². The first-order valence-electron chi connectivity index (χ1n) is 7.08. The molecule has 2 heterocycles. The summed E-state index contributed by atoms with van der Waals surface area (Å²) in [4.78, 5) is 0. The minimum Gasteiger partial charge on any atom is -0.374 e. The summed E-state index contributed by atoms with van der Waals surface area (Å²) in [5.41, 5.74) is 1.65. The van der Waals surface area contributed by atoms with Gasteiger partial charge in [-0.3, -0.25) is 0 Å². The van der Waals surface area contributed by atoms with Crippen molar-refractivity contribution in [1.29, 1.82) is 0 Å². The lowest BCUT2D eigenvalue weighted by Gasteiger charge is -2.76. The second kappa shape index (κ2) is 2.39. The molecule has 2 saturated heterocycles. The first-order chi connectivity index (χ1) is 7.43. The molecule has 1 nitrogen and oxygen atoms in total. The highest BCUT2D eigenvalue weighted by atomic mass is 16.5. The Bertz CT molecular complexity index is 344. The fourth-order valence-corrected chi connectivity index (χ4v) is 6.22. The summed E-state index contributed by atoms with van der Waals surface area (Å²) < 4.78 is 6.10. The van der Waals surface area contributed by atoms with E-state index in [9.17, 15) is 0 Å². The van der Waals surface area contributed by atoms with Gasteiger partial charge in [0.25, 0.3) is 0 Å². The van der Waals surface area contributed by atoms with Gasteiger partial charge < -0.3 is 4.74 Å². The fraction of sp³-hybridized carbons (Fsp3) is 1.00. The molecule has 0 radical (unpaired) electrons. The quantitative estimate of drug-likeness (QED) is 0.606. The van der Waals surface area contributed by atoms with Crippen molar-refractivity contribution in [2.75, 3.05) is 0 Å². The van der Waals surface area contributed by atoms with Crippen molar-refractivity contribution in [3.8, 4) is 0 Å². The Morgan fingerprint density at radius 2 is 1.62 bits per heavy atom. The van der Waals surface area contributed by atoms with Crippen LogP contribution in [0, 0.1) is 28.1 Å². The van der Waals surface area contributed by atoms with Crippen LogP contribution < -0.4 is 0 Å². The molecule has 90 valence electrons. The van der Waals surface area contributed by atoms with Gasteiger partial charge in [-0.1, -0.05) is 27.7 Å². The lowest BCUT2D eigenvalue weighted by Crippen LogP contribution is -2.77. The number of hydrogen-bond acceptors (Lipinski definition) is 1. The van der Waals surface area contributed by atoms with Crippen molar-refractivity contribution in [2.45, 2.75) is 65.6 Å². The largest absolute Gasteiger partial charge is 0.374 e. The average Bonchev–Trinajstić information content (AvgIpc) is 2.54. The van der Waals surface area contributed by atoms with Crippen LogP contribution in [0.5, 0.6) is 0 Å². The Morgan fingerprint density at radius 1 is 1.00 bits per heavy atom. The van der Waals surface area contributed by atoms with Crippen molar-refractivity contribution >= 4 is 0 Å². The zero-order chi connectivity index (χ0) is 11.3. The zero-order valence-electron chi connectivity index (χ0n) is 11.0. The monoisotopic (exact) mass is 220 g/mol. The lowest BCUT2D eigenvalue weighted by molar-refractivity contribution is -0.389. The minimum absolute atomic E-state index is 0.490. The number of hydrogen-bond donors (Lipinski definition) is 0. The van der Waals surface area contributed by atoms with Crippen LogP contribution in [0.4, 0.5) is 0 Å². The topological polar surface area (TPSA) is 9.23 Å². The van der Waals surface area contributed by atoms with E-state index in [0.29, 0.717) is 28.5 Å². The van der Waals surface area contributed by atoms with Crippen molar-refractivity contribution in [2.24, 2.45) is 28.1 Å². The van der Waals surface area contributed by atoms with Crippen molar-refractivity contribution < 1.29 is 4.74 Å². The fourth-order valence-electron chi connectivity index (χ4n) is 6.22. The average molecular weight is 220 g/mol. The van der Waals surface area contributed by atoms with Gasteiger partial charge in [-0.05, 0) is 48.3 Å². The molecule has 6 atom stereocenters. The molecular weight excluding hydrogens is 196 g/mol. The van der Waals surface area contributed by atoms with E-state index in [-0.39, 0.29) is 0 Å². The zero-order valence-corrected chi connectivity index (χ0v) is 11.0. The molecule has 2 aliphatic heterocycles. The van der Waals surface area contributed by atoms with Gasteiger partial charge in [-0.2, -0.15) is 0 Å². The van der Waals surface area contributed by atoms with Crippen LogP contribution in [-0.2, 0) is 4.74 Å². The lowest BCUT2D eigenvalue weighted by atomic mass is 9.35. The molecule has 0 aromatic rings. The van der Waals surface area contributed by atoms with Crippen LogP contribution in [0.3, 0.4) is 0 Å². The Hall–Kier alpha value is -0.0400. The standard InChI is InChI=1S/C15H24O/c1-9-5-6-10-13(2,3)14(4)11-7-15(9,10)8-12(14)16-11/h9-12H,5-8H2,1-4H3/t9-,10+,11-,12+,14?,15+/m1/s1. The highest BCUT2D eigenvalue weighted by Crippen LogP contribution is 2.78. The van der Waals surface area contributed by atoms with E-state index in [1.54, 1.807) is 0 Å². The highest BCUT2D eigenvalue weighted by molar-refractivity contribution is 5.25. The van der Waals surface area contributed by atoms with Gasteiger partial charge in [0.15, 0.2) is 0 Å². The third-order valence-corrected chi connectivity index (χ3v) is 7.62. The second-order valence-corrected chi connectivity index (χ2v) is 7.79. The maximum absolute atomic E-state index is 6.10. The third kappa shape index (κ3) is 0.698. The third-order valence-electron chi connectivity index (χ3n) is 7.62.